The topological polar surface area (TPSA) is 67.4 Å². The Hall–Kier alpha value is -2.82. The van der Waals surface area contributed by atoms with Crippen LogP contribution in [-0.4, -0.2) is 25.0 Å². The molecule has 0 unspecified atom stereocenters. The first-order valence-corrected chi connectivity index (χ1v) is 8.72. The molecule has 0 atom stereocenters. The quantitative estimate of drug-likeness (QED) is 0.799. The van der Waals surface area contributed by atoms with Gasteiger partial charge in [0.1, 0.15) is 5.75 Å². The summed E-state index contributed by atoms with van der Waals surface area (Å²) >= 11 is 0. The van der Waals surface area contributed by atoms with E-state index in [4.69, 9.17) is 4.74 Å². The first-order chi connectivity index (χ1) is 12.4. The zero-order chi connectivity index (χ0) is 19.1. The summed E-state index contributed by atoms with van der Waals surface area (Å²) in [6, 6.07) is 13.5. The van der Waals surface area contributed by atoms with Crippen LogP contribution in [0.4, 0.5) is 5.69 Å². The molecule has 0 saturated heterocycles. The number of para-hydroxylation sites is 1. The number of hydrogen-bond donors (Lipinski definition) is 2. The van der Waals surface area contributed by atoms with Crippen LogP contribution in [0.2, 0.25) is 0 Å². The van der Waals surface area contributed by atoms with Crippen molar-refractivity contribution in [2.24, 2.45) is 0 Å². The predicted octanol–water partition coefficient (Wildman–Crippen LogP) is 3.56. The van der Waals surface area contributed by atoms with Crippen molar-refractivity contribution in [3.8, 4) is 5.75 Å². The van der Waals surface area contributed by atoms with E-state index in [-0.39, 0.29) is 25.0 Å². The van der Waals surface area contributed by atoms with E-state index in [0.29, 0.717) is 11.7 Å². The van der Waals surface area contributed by atoms with E-state index in [2.05, 4.69) is 24.5 Å². The van der Waals surface area contributed by atoms with E-state index < -0.39 is 0 Å². The fourth-order valence-electron chi connectivity index (χ4n) is 2.54. The molecular formula is C21H26N2O3. The second-order valence-corrected chi connectivity index (χ2v) is 6.61. The Bertz CT molecular complexity index is 764. The average molecular weight is 354 g/mol. The lowest BCUT2D eigenvalue weighted by atomic mass is 10.0. The molecule has 5 nitrogen and oxygen atoms in total. The fourth-order valence-corrected chi connectivity index (χ4v) is 2.54. The maximum absolute atomic E-state index is 12.0. The summed E-state index contributed by atoms with van der Waals surface area (Å²) in [4.78, 5) is 24.0. The summed E-state index contributed by atoms with van der Waals surface area (Å²) in [5.74, 6) is 0.432. The van der Waals surface area contributed by atoms with E-state index >= 15 is 0 Å². The zero-order valence-corrected chi connectivity index (χ0v) is 15.8. The van der Waals surface area contributed by atoms with Crippen LogP contribution in [0.5, 0.6) is 5.75 Å². The molecule has 2 amide bonds. The van der Waals surface area contributed by atoms with Crippen molar-refractivity contribution in [2.45, 2.75) is 33.6 Å². The minimum Gasteiger partial charge on any atom is -0.484 e. The second-order valence-electron chi connectivity index (χ2n) is 6.61. The predicted molar refractivity (Wildman–Crippen MR) is 104 cm³/mol. The summed E-state index contributed by atoms with van der Waals surface area (Å²) in [6.07, 6.45) is 0. The van der Waals surface area contributed by atoms with Gasteiger partial charge in [-0.1, -0.05) is 44.2 Å². The van der Waals surface area contributed by atoms with E-state index in [0.717, 1.165) is 22.4 Å². The van der Waals surface area contributed by atoms with Crippen LogP contribution in [0.1, 0.15) is 36.5 Å². The molecule has 2 rings (SSSR count). The molecule has 5 heteroatoms. The number of anilines is 1. The highest BCUT2D eigenvalue weighted by Gasteiger charge is 2.10. The van der Waals surface area contributed by atoms with Crippen LogP contribution in [0, 0.1) is 13.8 Å². The Balaban J connectivity index is 1.80. The van der Waals surface area contributed by atoms with Gasteiger partial charge in [-0.3, -0.25) is 9.59 Å². The number of amides is 2. The van der Waals surface area contributed by atoms with Gasteiger partial charge < -0.3 is 15.4 Å². The highest BCUT2D eigenvalue weighted by Crippen LogP contribution is 2.20. The molecule has 0 spiro atoms. The van der Waals surface area contributed by atoms with Gasteiger partial charge in [0.25, 0.3) is 5.91 Å². The Morgan fingerprint density at radius 2 is 1.65 bits per heavy atom. The molecule has 0 aromatic heterocycles. The molecule has 0 saturated carbocycles. The molecular weight excluding hydrogens is 328 g/mol. The number of ether oxygens (including phenoxy) is 1. The largest absolute Gasteiger partial charge is 0.484 e. The fraction of sp³-hybridized carbons (Fsp3) is 0.333. The van der Waals surface area contributed by atoms with Crippen molar-refractivity contribution in [1.29, 1.82) is 0 Å². The molecule has 0 aliphatic rings. The van der Waals surface area contributed by atoms with Crippen molar-refractivity contribution in [1.82, 2.24) is 5.32 Å². The zero-order valence-electron chi connectivity index (χ0n) is 15.8. The number of carbonyl (C=O) groups excluding carboxylic acids is 2. The molecule has 0 aliphatic heterocycles. The van der Waals surface area contributed by atoms with E-state index in [9.17, 15) is 9.59 Å². The average Bonchev–Trinajstić information content (AvgIpc) is 2.61. The summed E-state index contributed by atoms with van der Waals surface area (Å²) in [5, 5.41) is 5.41. The number of aryl methyl sites for hydroxylation is 2. The van der Waals surface area contributed by atoms with Gasteiger partial charge in [-0.25, -0.2) is 0 Å². The Morgan fingerprint density at radius 1 is 1.00 bits per heavy atom. The lowest BCUT2D eigenvalue weighted by Crippen LogP contribution is -2.36. The second kappa shape index (κ2) is 9.04. The van der Waals surface area contributed by atoms with Crippen molar-refractivity contribution < 1.29 is 14.3 Å². The van der Waals surface area contributed by atoms with Crippen molar-refractivity contribution in [3.05, 3.63) is 59.2 Å². The van der Waals surface area contributed by atoms with Gasteiger partial charge in [0.05, 0.1) is 6.54 Å². The van der Waals surface area contributed by atoms with Gasteiger partial charge in [0.15, 0.2) is 6.61 Å². The first kappa shape index (κ1) is 19.5. The maximum atomic E-state index is 12.0. The molecule has 0 aliphatic carbocycles. The Kier molecular flexibility index (Phi) is 6.78. The molecule has 0 fully saturated rings. The third-order valence-corrected chi connectivity index (χ3v) is 4.09. The normalized spacial score (nSPS) is 10.5. The molecule has 26 heavy (non-hydrogen) atoms. The van der Waals surface area contributed by atoms with Gasteiger partial charge in [-0.15, -0.1) is 0 Å². The van der Waals surface area contributed by atoms with Crippen LogP contribution >= 0.6 is 0 Å². The van der Waals surface area contributed by atoms with Crippen LogP contribution in [0.25, 0.3) is 0 Å². The highest BCUT2D eigenvalue weighted by atomic mass is 16.5. The van der Waals surface area contributed by atoms with E-state index in [1.807, 2.05) is 56.3 Å². The minimum absolute atomic E-state index is 0.0952. The van der Waals surface area contributed by atoms with E-state index in [1.165, 1.54) is 0 Å². The van der Waals surface area contributed by atoms with Gasteiger partial charge in [-0.2, -0.15) is 0 Å². The van der Waals surface area contributed by atoms with Crippen molar-refractivity contribution in [2.75, 3.05) is 18.5 Å². The smallest absolute Gasteiger partial charge is 0.258 e. The van der Waals surface area contributed by atoms with Gasteiger partial charge in [0.2, 0.25) is 5.91 Å². The van der Waals surface area contributed by atoms with Crippen LogP contribution in [-0.2, 0) is 9.59 Å². The molecule has 2 aromatic carbocycles. The number of nitrogens with one attached hydrogen (secondary N) is 2. The van der Waals surface area contributed by atoms with Gasteiger partial charge in [-0.05, 0) is 48.6 Å². The summed E-state index contributed by atoms with van der Waals surface area (Å²) in [7, 11) is 0. The standard InChI is InChI=1S/C21H26N2O3/c1-14(2)17-9-6-10-18(11-17)26-13-20(25)22-12-19(24)23-21-15(3)7-5-8-16(21)4/h5-11,14H,12-13H2,1-4H3,(H,22,25)(H,23,24). The summed E-state index contributed by atoms with van der Waals surface area (Å²) in [5.41, 5.74) is 3.90. The summed E-state index contributed by atoms with van der Waals surface area (Å²) < 4.78 is 5.50. The monoisotopic (exact) mass is 354 g/mol. The molecule has 0 heterocycles. The number of carbonyl (C=O) groups is 2. The lowest BCUT2D eigenvalue weighted by Gasteiger charge is -2.12. The molecule has 2 aromatic rings. The highest BCUT2D eigenvalue weighted by molar-refractivity contribution is 5.95. The number of rotatable bonds is 7. The van der Waals surface area contributed by atoms with Crippen LogP contribution in [0.3, 0.4) is 0 Å². The maximum Gasteiger partial charge on any atom is 0.258 e. The number of benzene rings is 2. The lowest BCUT2D eigenvalue weighted by molar-refractivity contribution is -0.125. The SMILES string of the molecule is Cc1cccc(C)c1NC(=O)CNC(=O)COc1cccc(C(C)C)c1. The Labute approximate surface area is 154 Å². The molecule has 2 N–H and O–H groups in total. The van der Waals surface area contributed by atoms with Gasteiger partial charge in [0, 0.05) is 5.69 Å². The molecule has 0 radical (unpaired) electrons. The first-order valence-electron chi connectivity index (χ1n) is 8.72. The van der Waals surface area contributed by atoms with Crippen molar-refractivity contribution in [3.63, 3.8) is 0 Å². The molecule has 0 bridgehead atoms. The van der Waals surface area contributed by atoms with Crippen LogP contribution in [0.15, 0.2) is 42.5 Å². The minimum atomic E-state index is -0.336. The third-order valence-electron chi connectivity index (χ3n) is 4.09. The Morgan fingerprint density at radius 3 is 2.31 bits per heavy atom. The summed E-state index contributed by atoms with van der Waals surface area (Å²) in [6.45, 7) is 7.84. The van der Waals surface area contributed by atoms with Crippen molar-refractivity contribution >= 4 is 17.5 Å². The van der Waals surface area contributed by atoms with Gasteiger partial charge >= 0.3 is 0 Å². The molecule has 138 valence electrons. The number of hydrogen-bond acceptors (Lipinski definition) is 3. The third kappa shape index (κ3) is 5.62. The van der Waals surface area contributed by atoms with Crippen LogP contribution < -0.4 is 15.4 Å². The van der Waals surface area contributed by atoms with E-state index in [1.54, 1.807) is 0 Å².